The summed E-state index contributed by atoms with van der Waals surface area (Å²) in [6.45, 7) is 4.38. The van der Waals surface area contributed by atoms with Crippen molar-refractivity contribution < 1.29 is 8.42 Å². The molecule has 5 heteroatoms. The van der Waals surface area contributed by atoms with E-state index in [9.17, 15) is 8.42 Å². The van der Waals surface area contributed by atoms with E-state index in [0.717, 1.165) is 19.4 Å². The third-order valence-corrected chi connectivity index (χ3v) is 4.92. The minimum Gasteiger partial charge on any atom is -0.320 e. The molecule has 0 aromatic heterocycles. The molecule has 1 N–H and O–H groups in total. The van der Waals surface area contributed by atoms with Crippen molar-refractivity contribution in [2.24, 2.45) is 5.92 Å². The predicted octanol–water partition coefficient (Wildman–Crippen LogP) is 0.658. The standard InChI is InChI=1S/C10H22N2O2S/c1-10-4-7-12(8-5-10)15(13,14)9-3-6-11-2/h10-11H,3-9H2,1-2H3. The van der Waals surface area contributed by atoms with Crippen LogP contribution in [0.15, 0.2) is 0 Å². The molecule has 0 atom stereocenters. The zero-order valence-electron chi connectivity index (χ0n) is 9.70. The van der Waals surface area contributed by atoms with Gasteiger partial charge in [-0.05, 0) is 38.8 Å². The van der Waals surface area contributed by atoms with Gasteiger partial charge in [0.25, 0.3) is 0 Å². The Bertz CT molecular complexity index is 269. The van der Waals surface area contributed by atoms with Crippen LogP contribution in [-0.2, 0) is 10.0 Å². The summed E-state index contributed by atoms with van der Waals surface area (Å²) in [5.74, 6) is 0.955. The molecule has 0 aromatic carbocycles. The van der Waals surface area contributed by atoms with E-state index < -0.39 is 10.0 Å². The molecule has 0 aliphatic carbocycles. The van der Waals surface area contributed by atoms with Crippen molar-refractivity contribution in [1.29, 1.82) is 0 Å². The largest absolute Gasteiger partial charge is 0.320 e. The van der Waals surface area contributed by atoms with Crippen molar-refractivity contribution in [2.75, 3.05) is 32.4 Å². The summed E-state index contributed by atoms with van der Waals surface area (Å²) in [5, 5.41) is 2.97. The second-order valence-electron chi connectivity index (χ2n) is 4.35. The van der Waals surface area contributed by atoms with E-state index in [2.05, 4.69) is 12.2 Å². The van der Waals surface area contributed by atoms with Crippen molar-refractivity contribution >= 4 is 10.0 Å². The fourth-order valence-corrected chi connectivity index (χ4v) is 3.36. The molecular weight excluding hydrogens is 212 g/mol. The van der Waals surface area contributed by atoms with Crippen LogP contribution in [0.1, 0.15) is 26.2 Å². The maximum atomic E-state index is 11.9. The fraction of sp³-hybridized carbons (Fsp3) is 1.00. The molecule has 0 amide bonds. The summed E-state index contributed by atoms with van der Waals surface area (Å²) < 4.78 is 25.4. The van der Waals surface area contributed by atoms with Gasteiger partial charge in [-0.25, -0.2) is 12.7 Å². The van der Waals surface area contributed by atoms with Crippen LogP contribution >= 0.6 is 0 Å². The Kier molecular flexibility index (Phi) is 5.02. The van der Waals surface area contributed by atoms with Gasteiger partial charge in [0.05, 0.1) is 5.75 Å². The van der Waals surface area contributed by atoms with Crippen molar-refractivity contribution in [3.8, 4) is 0 Å². The third-order valence-electron chi connectivity index (χ3n) is 2.97. The Morgan fingerprint density at radius 3 is 2.47 bits per heavy atom. The monoisotopic (exact) mass is 234 g/mol. The lowest BCUT2D eigenvalue weighted by Gasteiger charge is -2.29. The molecular formula is C10H22N2O2S. The normalized spacial score (nSPS) is 20.7. The molecule has 0 spiro atoms. The van der Waals surface area contributed by atoms with Gasteiger partial charge < -0.3 is 5.32 Å². The summed E-state index contributed by atoms with van der Waals surface area (Å²) in [6.07, 6.45) is 2.71. The summed E-state index contributed by atoms with van der Waals surface area (Å²) in [6, 6.07) is 0. The highest BCUT2D eigenvalue weighted by atomic mass is 32.2. The lowest BCUT2D eigenvalue weighted by atomic mass is 10.0. The molecule has 1 aliphatic heterocycles. The van der Waals surface area contributed by atoms with Gasteiger partial charge in [-0.3, -0.25) is 0 Å². The summed E-state index contributed by atoms with van der Waals surface area (Å²) >= 11 is 0. The average Bonchev–Trinajstić information content (AvgIpc) is 2.18. The quantitative estimate of drug-likeness (QED) is 0.711. The molecule has 1 rings (SSSR count). The van der Waals surface area contributed by atoms with Gasteiger partial charge in [0.15, 0.2) is 0 Å². The maximum absolute atomic E-state index is 11.9. The fourth-order valence-electron chi connectivity index (χ4n) is 1.82. The van der Waals surface area contributed by atoms with Gasteiger partial charge in [0.2, 0.25) is 10.0 Å². The van der Waals surface area contributed by atoms with Crippen LogP contribution in [0.25, 0.3) is 0 Å². The molecule has 1 saturated heterocycles. The SMILES string of the molecule is CNCCCS(=O)(=O)N1CCC(C)CC1. The second-order valence-corrected chi connectivity index (χ2v) is 6.44. The number of hydrogen-bond acceptors (Lipinski definition) is 3. The van der Waals surface area contributed by atoms with Crippen molar-refractivity contribution in [3.05, 3.63) is 0 Å². The van der Waals surface area contributed by atoms with E-state index in [-0.39, 0.29) is 5.75 Å². The molecule has 1 aliphatic rings. The van der Waals surface area contributed by atoms with E-state index in [1.165, 1.54) is 0 Å². The van der Waals surface area contributed by atoms with Crippen LogP contribution in [0.3, 0.4) is 0 Å². The van der Waals surface area contributed by atoms with Crippen molar-refractivity contribution in [3.63, 3.8) is 0 Å². The highest BCUT2D eigenvalue weighted by Crippen LogP contribution is 2.19. The first kappa shape index (κ1) is 12.9. The van der Waals surface area contributed by atoms with Crippen LogP contribution < -0.4 is 5.32 Å². The predicted molar refractivity (Wildman–Crippen MR) is 62.3 cm³/mol. The Morgan fingerprint density at radius 1 is 1.33 bits per heavy atom. The first-order chi connectivity index (χ1) is 7.06. The molecule has 1 heterocycles. The van der Waals surface area contributed by atoms with Crippen LogP contribution in [0, 0.1) is 5.92 Å². The molecule has 0 radical (unpaired) electrons. The van der Waals surface area contributed by atoms with Crippen LogP contribution in [0.2, 0.25) is 0 Å². The van der Waals surface area contributed by atoms with Gasteiger partial charge in [-0.1, -0.05) is 6.92 Å². The summed E-state index contributed by atoms with van der Waals surface area (Å²) in [5.41, 5.74) is 0. The maximum Gasteiger partial charge on any atom is 0.214 e. The number of sulfonamides is 1. The minimum absolute atomic E-state index is 0.280. The zero-order valence-corrected chi connectivity index (χ0v) is 10.5. The highest BCUT2D eigenvalue weighted by molar-refractivity contribution is 7.89. The van der Waals surface area contributed by atoms with E-state index in [1.807, 2.05) is 7.05 Å². The van der Waals surface area contributed by atoms with E-state index >= 15 is 0 Å². The van der Waals surface area contributed by atoms with Gasteiger partial charge in [-0.15, -0.1) is 0 Å². The smallest absolute Gasteiger partial charge is 0.214 e. The number of nitrogens with one attached hydrogen (secondary N) is 1. The Labute approximate surface area is 93.1 Å². The van der Waals surface area contributed by atoms with E-state index in [1.54, 1.807) is 4.31 Å². The van der Waals surface area contributed by atoms with Crippen LogP contribution in [-0.4, -0.2) is 45.2 Å². The molecule has 1 fully saturated rings. The molecule has 15 heavy (non-hydrogen) atoms. The van der Waals surface area contributed by atoms with Gasteiger partial charge in [0.1, 0.15) is 0 Å². The number of hydrogen-bond donors (Lipinski definition) is 1. The number of nitrogens with zero attached hydrogens (tertiary/aromatic N) is 1. The molecule has 0 aromatic rings. The van der Waals surface area contributed by atoms with Gasteiger partial charge in [0, 0.05) is 13.1 Å². The Balaban J connectivity index is 2.40. The van der Waals surface area contributed by atoms with Crippen molar-refractivity contribution in [2.45, 2.75) is 26.2 Å². The van der Waals surface area contributed by atoms with E-state index in [4.69, 9.17) is 0 Å². The number of piperidine rings is 1. The highest BCUT2D eigenvalue weighted by Gasteiger charge is 2.25. The summed E-state index contributed by atoms with van der Waals surface area (Å²) in [4.78, 5) is 0. The van der Waals surface area contributed by atoms with Gasteiger partial charge in [-0.2, -0.15) is 0 Å². The Morgan fingerprint density at radius 2 is 1.93 bits per heavy atom. The van der Waals surface area contributed by atoms with Crippen LogP contribution in [0.4, 0.5) is 0 Å². The van der Waals surface area contributed by atoms with Crippen molar-refractivity contribution in [1.82, 2.24) is 9.62 Å². The second kappa shape index (κ2) is 5.82. The third kappa shape index (κ3) is 4.09. The minimum atomic E-state index is -2.99. The molecule has 4 nitrogen and oxygen atoms in total. The Hall–Kier alpha value is -0.130. The molecule has 90 valence electrons. The molecule has 0 unspecified atom stereocenters. The zero-order chi connectivity index (χ0) is 11.3. The topological polar surface area (TPSA) is 49.4 Å². The first-order valence-electron chi connectivity index (χ1n) is 5.68. The molecule has 0 saturated carbocycles. The first-order valence-corrected chi connectivity index (χ1v) is 7.29. The lowest BCUT2D eigenvalue weighted by molar-refractivity contribution is 0.288. The van der Waals surface area contributed by atoms with Gasteiger partial charge >= 0.3 is 0 Å². The van der Waals surface area contributed by atoms with Crippen LogP contribution in [0.5, 0.6) is 0 Å². The average molecular weight is 234 g/mol. The summed E-state index contributed by atoms with van der Waals surface area (Å²) in [7, 11) is -1.14. The lowest BCUT2D eigenvalue weighted by Crippen LogP contribution is -2.39. The number of rotatable bonds is 5. The van der Waals surface area contributed by atoms with E-state index in [0.29, 0.717) is 25.4 Å². The molecule has 0 bridgehead atoms.